The van der Waals surface area contributed by atoms with Gasteiger partial charge in [0.1, 0.15) is 5.75 Å². The number of carbonyl (C=O) groups is 1. The predicted octanol–water partition coefficient (Wildman–Crippen LogP) is 0.521. The number of hydrogen-bond acceptors (Lipinski definition) is 3. The number of amides is 1. The summed E-state index contributed by atoms with van der Waals surface area (Å²) in [5.41, 5.74) is 7.77. The maximum Gasteiger partial charge on any atom is 0.252 e. The van der Waals surface area contributed by atoms with Gasteiger partial charge in [0.25, 0.3) is 5.91 Å². The Hall–Kier alpha value is -1.71. The fraction of sp³-hybridized carbons (Fsp3) is 0.222. The standard InChI is InChI=1S/C9H10N2O2/c1-13-8-6-4-11-9(12)5(6)2-3-7(8)10/h2-3H,4,10H2,1H3,(H,11,12). The third-order valence-electron chi connectivity index (χ3n) is 2.17. The first-order chi connectivity index (χ1) is 6.24. The zero-order valence-electron chi connectivity index (χ0n) is 7.26. The molecule has 0 bridgehead atoms. The number of anilines is 1. The minimum atomic E-state index is -0.0618. The van der Waals surface area contributed by atoms with Crippen molar-refractivity contribution in [1.29, 1.82) is 0 Å². The van der Waals surface area contributed by atoms with E-state index in [-0.39, 0.29) is 5.91 Å². The van der Waals surface area contributed by atoms with Crippen LogP contribution in [0.1, 0.15) is 15.9 Å². The molecule has 0 spiro atoms. The van der Waals surface area contributed by atoms with Gasteiger partial charge < -0.3 is 15.8 Å². The SMILES string of the molecule is COc1c(N)ccc2c1CNC2=O. The lowest BCUT2D eigenvalue weighted by molar-refractivity contribution is 0.0966. The van der Waals surface area contributed by atoms with Gasteiger partial charge >= 0.3 is 0 Å². The minimum Gasteiger partial charge on any atom is -0.494 e. The molecular formula is C9H10N2O2. The van der Waals surface area contributed by atoms with Crippen LogP contribution in [0.5, 0.6) is 5.75 Å². The maximum absolute atomic E-state index is 11.2. The van der Waals surface area contributed by atoms with E-state index in [0.717, 1.165) is 5.56 Å². The van der Waals surface area contributed by atoms with E-state index in [2.05, 4.69) is 5.32 Å². The number of rotatable bonds is 1. The average Bonchev–Trinajstić information content (AvgIpc) is 2.48. The molecule has 0 radical (unpaired) electrons. The first-order valence-corrected chi connectivity index (χ1v) is 3.97. The summed E-state index contributed by atoms with van der Waals surface area (Å²) < 4.78 is 5.12. The van der Waals surface area contributed by atoms with Crippen LogP contribution < -0.4 is 15.8 Å². The van der Waals surface area contributed by atoms with E-state index in [0.29, 0.717) is 23.5 Å². The summed E-state index contributed by atoms with van der Waals surface area (Å²) >= 11 is 0. The van der Waals surface area contributed by atoms with E-state index in [1.165, 1.54) is 0 Å². The molecule has 0 aromatic heterocycles. The summed E-state index contributed by atoms with van der Waals surface area (Å²) in [7, 11) is 1.55. The molecule has 0 unspecified atom stereocenters. The molecule has 0 fully saturated rings. The van der Waals surface area contributed by atoms with Crippen molar-refractivity contribution in [2.24, 2.45) is 0 Å². The molecule has 13 heavy (non-hydrogen) atoms. The third kappa shape index (κ3) is 1.02. The molecule has 1 aromatic rings. The van der Waals surface area contributed by atoms with Gasteiger partial charge in [0.05, 0.1) is 12.8 Å². The number of ether oxygens (including phenoxy) is 1. The second-order valence-electron chi connectivity index (χ2n) is 2.90. The van der Waals surface area contributed by atoms with E-state index in [1.807, 2.05) is 0 Å². The van der Waals surface area contributed by atoms with Crippen LogP contribution in [0, 0.1) is 0 Å². The molecule has 0 saturated heterocycles. The smallest absolute Gasteiger partial charge is 0.252 e. The number of methoxy groups -OCH3 is 1. The second-order valence-corrected chi connectivity index (χ2v) is 2.90. The van der Waals surface area contributed by atoms with Crippen molar-refractivity contribution in [1.82, 2.24) is 5.32 Å². The van der Waals surface area contributed by atoms with Crippen molar-refractivity contribution in [2.45, 2.75) is 6.54 Å². The van der Waals surface area contributed by atoms with Gasteiger partial charge in [0.15, 0.2) is 0 Å². The van der Waals surface area contributed by atoms with Crippen LogP contribution in [0.3, 0.4) is 0 Å². The summed E-state index contributed by atoms with van der Waals surface area (Å²) in [5, 5.41) is 2.71. The van der Waals surface area contributed by atoms with Gasteiger partial charge in [-0.25, -0.2) is 0 Å². The Morgan fingerprint density at radius 2 is 2.31 bits per heavy atom. The Kier molecular flexibility index (Phi) is 1.62. The molecule has 3 N–H and O–H groups in total. The highest BCUT2D eigenvalue weighted by Crippen LogP contribution is 2.31. The summed E-state index contributed by atoms with van der Waals surface area (Å²) in [6.45, 7) is 0.502. The zero-order chi connectivity index (χ0) is 9.42. The molecule has 4 nitrogen and oxygen atoms in total. The van der Waals surface area contributed by atoms with Crippen molar-refractivity contribution in [3.63, 3.8) is 0 Å². The first kappa shape index (κ1) is 7.91. The van der Waals surface area contributed by atoms with Gasteiger partial charge in [-0.15, -0.1) is 0 Å². The van der Waals surface area contributed by atoms with Gasteiger partial charge in [0.2, 0.25) is 0 Å². The number of hydrogen-bond donors (Lipinski definition) is 2. The summed E-state index contributed by atoms with van der Waals surface area (Å²) in [5.74, 6) is 0.546. The quantitative estimate of drug-likeness (QED) is 0.616. The number of nitrogen functional groups attached to an aromatic ring is 1. The molecule has 1 heterocycles. The summed E-state index contributed by atoms with van der Waals surface area (Å²) in [6.07, 6.45) is 0. The molecule has 0 aliphatic carbocycles. The molecular weight excluding hydrogens is 168 g/mol. The Balaban J connectivity index is 2.64. The molecule has 0 saturated carbocycles. The van der Waals surface area contributed by atoms with E-state index in [4.69, 9.17) is 10.5 Å². The lowest BCUT2D eigenvalue weighted by Crippen LogP contribution is -2.12. The Morgan fingerprint density at radius 1 is 1.54 bits per heavy atom. The topological polar surface area (TPSA) is 64.3 Å². The normalized spacial score (nSPS) is 13.8. The molecule has 2 rings (SSSR count). The fourth-order valence-corrected chi connectivity index (χ4v) is 1.54. The highest BCUT2D eigenvalue weighted by atomic mass is 16.5. The van der Waals surface area contributed by atoms with Gasteiger partial charge in [-0.2, -0.15) is 0 Å². The molecule has 1 amide bonds. The number of fused-ring (bicyclic) bond motifs is 1. The predicted molar refractivity (Wildman–Crippen MR) is 48.6 cm³/mol. The summed E-state index contributed by atoms with van der Waals surface area (Å²) in [4.78, 5) is 11.2. The third-order valence-corrected chi connectivity index (χ3v) is 2.17. The van der Waals surface area contributed by atoms with E-state index in [1.54, 1.807) is 19.2 Å². The van der Waals surface area contributed by atoms with Crippen LogP contribution in [-0.2, 0) is 6.54 Å². The fourth-order valence-electron chi connectivity index (χ4n) is 1.54. The van der Waals surface area contributed by atoms with Crippen molar-refractivity contribution < 1.29 is 9.53 Å². The number of benzene rings is 1. The molecule has 68 valence electrons. The average molecular weight is 178 g/mol. The van der Waals surface area contributed by atoms with Crippen molar-refractivity contribution >= 4 is 11.6 Å². The van der Waals surface area contributed by atoms with Gasteiger partial charge in [-0.3, -0.25) is 4.79 Å². The van der Waals surface area contributed by atoms with Crippen LogP contribution >= 0.6 is 0 Å². The van der Waals surface area contributed by atoms with Gasteiger partial charge in [0, 0.05) is 17.7 Å². The van der Waals surface area contributed by atoms with Gasteiger partial charge in [-0.1, -0.05) is 0 Å². The Bertz CT molecular complexity index is 374. The lowest BCUT2D eigenvalue weighted by Gasteiger charge is -2.07. The highest BCUT2D eigenvalue weighted by Gasteiger charge is 2.23. The largest absolute Gasteiger partial charge is 0.494 e. The summed E-state index contributed by atoms with van der Waals surface area (Å²) in [6, 6.07) is 3.40. The monoisotopic (exact) mass is 178 g/mol. The highest BCUT2D eigenvalue weighted by molar-refractivity contribution is 5.99. The second kappa shape index (κ2) is 2.65. The Labute approximate surface area is 75.7 Å². The Morgan fingerprint density at radius 3 is 3.00 bits per heavy atom. The number of carbonyl (C=O) groups excluding carboxylic acids is 1. The van der Waals surface area contributed by atoms with Crippen LogP contribution in [0.15, 0.2) is 12.1 Å². The first-order valence-electron chi connectivity index (χ1n) is 3.97. The molecule has 0 atom stereocenters. The molecule has 4 heteroatoms. The van der Waals surface area contributed by atoms with E-state index in [9.17, 15) is 4.79 Å². The number of nitrogens with one attached hydrogen (secondary N) is 1. The van der Waals surface area contributed by atoms with Crippen LogP contribution in [0.25, 0.3) is 0 Å². The zero-order valence-corrected chi connectivity index (χ0v) is 7.26. The molecule has 1 aliphatic rings. The lowest BCUT2D eigenvalue weighted by atomic mass is 10.1. The number of nitrogens with two attached hydrogens (primary N) is 1. The molecule has 1 aromatic carbocycles. The van der Waals surface area contributed by atoms with Crippen molar-refractivity contribution in [2.75, 3.05) is 12.8 Å². The van der Waals surface area contributed by atoms with Crippen molar-refractivity contribution in [3.8, 4) is 5.75 Å². The van der Waals surface area contributed by atoms with Crippen LogP contribution in [-0.4, -0.2) is 13.0 Å². The van der Waals surface area contributed by atoms with E-state index < -0.39 is 0 Å². The maximum atomic E-state index is 11.2. The van der Waals surface area contributed by atoms with Crippen LogP contribution in [0.2, 0.25) is 0 Å². The van der Waals surface area contributed by atoms with Crippen molar-refractivity contribution in [3.05, 3.63) is 23.3 Å². The van der Waals surface area contributed by atoms with E-state index >= 15 is 0 Å². The molecule has 1 aliphatic heterocycles. The van der Waals surface area contributed by atoms with Gasteiger partial charge in [-0.05, 0) is 12.1 Å². The van der Waals surface area contributed by atoms with Crippen LogP contribution in [0.4, 0.5) is 5.69 Å². The minimum absolute atomic E-state index is 0.0618.